The lowest BCUT2D eigenvalue weighted by Gasteiger charge is -2.29. The average Bonchev–Trinajstić information content (AvgIpc) is 2.99. The fraction of sp³-hybridized carbons (Fsp3) is 0.548. The molecule has 0 saturated carbocycles. The van der Waals surface area contributed by atoms with Crippen LogP contribution in [0.1, 0.15) is 110 Å². The van der Waals surface area contributed by atoms with Crippen molar-refractivity contribution in [1.82, 2.24) is 0 Å². The Bertz CT molecular complexity index is 960. The normalized spacial score (nSPS) is 14.8. The summed E-state index contributed by atoms with van der Waals surface area (Å²) in [4.78, 5) is 0. The summed E-state index contributed by atoms with van der Waals surface area (Å²) in [5, 5.41) is 0. The molecule has 0 bridgehead atoms. The summed E-state index contributed by atoms with van der Waals surface area (Å²) in [6.07, 6.45) is 4.81. The Morgan fingerprint density at radius 3 is 1.74 bits per heavy atom. The van der Waals surface area contributed by atoms with Crippen molar-refractivity contribution in [3.05, 3.63) is 63.7 Å². The monoisotopic (exact) mass is 416 g/mol. The quantitative estimate of drug-likeness (QED) is 0.467. The third kappa shape index (κ3) is 5.16. The van der Waals surface area contributed by atoms with E-state index < -0.39 is 0 Å². The van der Waals surface area contributed by atoms with Gasteiger partial charge in [-0.2, -0.15) is 0 Å². The fourth-order valence-corrected chi connectivity index (χ4v) is 4.71. The summed E-state index contributed by atoms with van der Waals surface area (Å²) in [6, 6.07) is 12.2. The van der Waals surface area contributed by atoms with E-state index in [2.05, 4.69) is 113 Å². The van der Waals surface area contributed by atoms with Crippen LogP contribution in [0.3, 0.4) is 0 Å². The van der Waals surface area contributed by atoms with E-state index in [-0.39, 0.29) is 16.2 Å². The largest absolute Gasteiger partial charge is 0.0649 e. The minimum atomic E-state index is 0.0959. The summed E-state index contributed by atoms with van der Waals surface area (Å²) >= 11 is 0. The molecule has 1 aliphatic carbocycles. The summed E-state index contributed by atoms with van der Waals surface area (Å²) < 4.78 is 0. The van der Waals surface area contributed by atoms with Crippen molar-refractivity contribution in [2.75, 3.05) is 0 Å². The van der Waals surface area contributed by atoms with Gasteiger partial charge in [0.25, 0.3) is 0 Å². The first kappa shape index (κ1) is 23.8. The van der Waals surface area contributed by atoms with Gasteiger partial charge in [0, 0.05) is 0 Å². The molecule has 31 heavy (non-hydrogen) atoms. The topological polar surface area (TPSA) is 0 Å². The van der Waals surface area contributed by atoms with Gasteiger partial charge in [-0.1, -0.05) is 118 Å². The highest BCUT2D eigenvalue weighted by Crippen LogP contribution is 2.44. The van der Waals surface area contributed by atoms with Crippen LogP contribution in [-0.2, 0) is 22.7 Å². The van der Waals surface area contributed by atoms with Gasteiger partial charge in [0.05, 0.1) is 0 Å². The lowest BCUT2D eigenvalue weighted by Crippen LogP contribution is -2.18. The number of fused-ring (bicyclic) bond motifs is 1. The van der Waals surface area contributed by atoms with Gasteiger partial charge in [-0.05, 0) is 73.9 Å². The van der Waals surface area contributed by atoms with E-state index in [9.17, 15) is 0 Å². The molecule has 1 aliphatic rings. The molecule has 0 N–H and O–H groups in total. The van der Waals surface area contributed by atoms with Crippen molar-refractivity contribution in [3.8, 4) is 11.1 Å². The molecule has 0 amide bonds. The van der Waals surface area contributed by atoms with Crippen LogP contribution in [-0.4, -0.2) is 0 Å². The van der Waals surface area contributed by atoms with Crippen molar-refractivity contribution in [2.45, 2.75) is 105 Å². The molecule has 2 aromatic rings. The lowest BCUT2D eigenvalue weighted by atomic mass is 9.75. The predicted molar refractivity (Wildman–Crippen MR) is 139 cm³/mol. The third-order valence-electron chi connectivity index (χ3n) is 6.53. The first-order valence-corrected chi connectivity index (χ1v) is 12.1. The summed E-state index contributed by atoms with van der Waals surface area (Å²) in [7, 11) is 0. The molecular formula is C31H44. The Kier molecular flexibility index (Phi) is 6.11. The highest BCUT2D eigenvalue weighted by atomic mass is 14.3. The zero-order valence-corrected chi connectivity index (χ0v) is 22.0. The maximum atomic E-state index is 2.51. The van der Waals surface area contributed by atoms with Crippen molar-refractivity contribution in [3.63, 3.8) is 0 Å². The summed E-state index contributed by atoms with van der Waals surface area (Å²) in [6.45, 7) is 25.7. The zero-order valence-electron chi connectivity index (χ0n) is 22.0. The van der Waals surface area contributed by atoms with Crippen LogP contribution in [0.25, 0.3) is 17.2 Å². The Hall–Kier alpha value is -1.82. The molecule has 0 atom stereocenters. The smallest absolute Gasteiger partial charge is 0.00575 e. The van der Waals surface area contributed by atoms with Gasteiger partial charge < -0.3 is 0 Å². The first-order valence-electron chi connectivity index (χ1n) is 12.1. The van der Waals surface area contributed by atoms with E-state index in [0.29, 0.717) is 5.92 Å². The van der Waals surface area contributed by atoms with Gasteiger partial charge in [-0.25, -0.2) is 0 Å². The number of rotatable bonds is 3. The Balaban J connectivity index is 2.35. The van der Waals surface area contributed by atoms with Crippen LogP contribution in [0.2, 0.25) is 0 Å². The predicted octanol–water partition coefficient (Wildman–Crippen LogP) is 9.23. The minimum Gasteiger partial charge on any atom is -0.0649 e. The van der Waals surface area contributed by atoms with Gasteiger partial charge in [-0.3, -0.25) is 0 Å². The van der Waals surface area contributed by atoms with Gasteiger partial charge in [-0.15, -0.1) is 0 Å². The molecule has 0 spiro atoms. The first-order chi connectivity index (χ1) is 14.1. The average molecular weight is 417 g/mol. The number of benzene rings is 2. The molecule has 0 aromatic heterocycles. The second kappa shape index (κ2) is 7.95. The second-order valence-corrected chi connectivity index (χ2v) is 13.2. The summed E-state index contributed by atoms with van der Waals surface area (Å²) in [5.41, 5.74) is 12.0. The Morgan fingerprint density at radius 1 is 0.742 bits per heavy atom. The Morgan fingerprint density at radius 2 is 1.29 bits per heavy atom. The van der Waals surface area contributed by atoms with E-state index in [1.807, 2.05) is 0 Å². The molecule has 0 nitrogen and oxygen atoms in total. The van der Waals surface area contributed by atoms with Gasteiger partial charge >= 0.3 is 0 Å². The van der Waals surface area contributed by atoms with Crippen LogP contribution in [0.5, 0.6) is 0 Å². The molecule has 0 fully saturated rings. The maximum absolute atomic E-state index is 2.51. The SMILES string of the molecule is CC(C)CC1=Cc2c(ccc(C(C)(C)C)c2-c2cc(C(C)(C)C)cc(C(C)(C)C)c2)C1. The molecular weight excluding hydrogens is 372 g/mol. The van der Waals surface area contributed by atoms with Crippen LogP contribution in [0.15, 0.2) is 35.9 Å². The molecule has 0 aliphatic heterocycles. The zero-order chi connectivity index (χ0) is 23.4. The van der Waals surface area contributed by atoms with Gasteiger partial charge in [0.15, 0.2) is 0 Å². The van der Waals surface area contributed by atoms with Crippen molar-refractivity contribution >= 4 is 6.08 Å². The number of hydrogen-bond donors (Lipinski definition) is 0. The molecule has 3 rings (SSSR count). The maximum Gasteiger partial charge on any atom is -0.00575 e. The van der Waals surface area contributed by atoms with Crippen LogP contribution in [0.4, 0.5) is 0 Å². The molecule has 0 unspecified atom stereocenters. The number of allylic oxidation sites excluding steroid dienone is 1. The number of hydrogen-bond acceptors (Lipinski definition) is 0. The van der Waals surface area contributed by atoms with Crippen molar-refractivity contribution < 1.29 is 0 Å². The molecule has 0 heterocycles. The van der Waals surface area contributed by atoms with Crippen molar-refractivity contribution in [1.29, 1.82) is 0 Å². The van der Waals surface area contributed by atoms with Crippen LogP contribution in [0, 0.1) is 5.92 Å². The highest BCUT2D eigenvalue weighted by molar-refractivity contribution is 5.84. The van der Waals surface area contributed by atoms with E-state index in [1.54, 1.807) is 5.57 Å². The molecule has 2 aromatic carbocycles. The fourth-order valence-electron chi connectivity index (χ4n) is 4.71. The lowest BCUT2D eigenvalue weighted by molar-refractivity contribution is 0.568. The molecule has 0 radical (unpaired) electrons. The van der Waals surface area contributed by atoms with E-state index in [1.165, 1.54) is 45.4 Å². The molecule has 0 saturated heterocycles. The van der Waals surface area contributed by atoms with E-state index in [0.717, 1.165) is 6.42 Å². The molecule has 168 valence electrons. The van der Waals surface area contributed by atoms with Crippen molar-refractivity contribution in [2.24, 2.45) is 5.92 Å². The second-order valence-electron chi connectivity index (χ2n) is 13.2. The highest BCUT2D eigenvalue weighted by Gasteiger charge is 2.28. The van der Waals surface area contributed by atoms with E-state index >= 15 is 0 Å². The summed E-state index contributed by atoms with van der Waals surface area (Å²) in [5.74, 6) is 0.697. The van der Waals surface area contributed by atoms with Crippen LogP contribution >= 0.6 is 0 Å². The standard InChI is InChI=1S/C31H44/c1-20(2)14-21-15-22-12-13-27(31(9,10)11)28(26(22)16-21)23-17-24(29(3,4)5)19-25(18-23)30(6,7)8/h12-13,16-20H,14-15H2,1-11H3. The van der Waals surface area contributed by atoms with Gasteiger partial charge in [0.1, 0.15) is 0 Å². The Labute approximate surface area is 192 Å². The van der Waals surface area contributed by atoms with Crippen LogP contribution < -0.4 is 0 Å². The van der Waals surface area contributed by atoms with Gasteiger partial charge in [0.2, 0.25) is 0 Å². The van der Waals surface area contributed by atoms with E-state index in [4.69, 9.17) is 0 Å². The minimum absolute atomic E-state index is 0.0959. The third-order valence-corrected chi connectivity index (χ3v) is 6.53. The molecule has 0 heteroatoms.